The molecule has 272 valence electrons. The Balaban J connectivity index is 1.21. The number of aryl methyl sites for hydroxylation is 1. The standard InChI is InChI=1S/C38H51F2N5O5/c1-23(2)33(11-9-29-21-42(12-15-49-29)37(47)50-38(5,6)7)43-18-27(19-43)26-16-31(34-35(40)41-25(4)45(34)20-26)30-10-8-28(39)17-32(30)36(46)44-13-14-48-22-24(44)3/h8,10,16-17,20,23-24,27,29,33H,9,11-15,18-19,21-22H2,1-7H3/t24-,29+,33+/m1/s1. The number of halogens is 2. The van der Waals surface area contributed by atoms with Crippen molar-refractivity contribution in [1.82, 2.24) is 24.1 Å². The van der Waals surface area contributed by atoms with Gasteiger partial charge in [-0.1, -0.05) is 19.9 Å². The van der Waals surface area contributed by atoms with Crippen molar-refractivity contribution in [3.8, 4) is 11.1 Å². The van der Waals surface area contributed by atoms with E-state index in [1.165, 1.54) is 12.1 Å². The molecule has 6 rings (SSSR count). The van der Waals surface area contributed by atoms with Gasteiger partial charge in [-0.2, -0.15) is 4.39 Å². The van der Waals surface area contributed by atoms with Crippen LogP contribution in [-0.4, -0.2) is 112 Å². The summed E-state index contributed by atoms with van der Waals surface area (Å²) in [4.78, 5) is 36.6. The molecule has 0 saturated carbocycles. The molecule has 0 radical (unpaired) electrons. The molecule has 3 aliphatic rings. The summed E-state index contributed by atoms with van der Waals surface area (Å²) < 4.78 is 49.1. The Kier molecular flexibility index (Phi) is 10.5. The zero-order valence-electron chi connectivity index (χ0n) is 30.4. The Morgan fingerprint density at radius 2 is 1.82 bits per heavy atom. The number of aromatic nitrogens is 2. The number of hydrogen-bond acceptors (Lipinski definition) is 7. The molecule has 3 fully saturated rings. The predicted molar refractivity (Wildman–Crippen MR) is 186 cm³/mol. The molecule has 10 nitrogen and oxygen atoms in total. The first-order valence-corrected chi connectivity index (χ1v) is 17.9. The van der Waals surface area contributed by atoms with Gasteiger partial charge in [0, 0.05) is 49.9 Å². The topological polar surface area (TPSA) is 88.9 Å². The van der Waals surface area contributed by atoms with Crippen molar-refractivity contribution in [1.29, 1.82) is 0 Å². The zero-order valence-corrected chi connectivity index (χ0v) is 30.4. The number of hydrogen-bond donors (Lipinski definition) is 0. The normalized spacial score (nSPS) is 21.5. The molecule has 2 amide bonds. The molecular weight excluding hydrogens is 644 g/mol. The van der Waals surface area contributed by atoms with Crippen LogP contribution in [0.15, 0.2) is 30.5 Å². The maximum atomic E-state index is 15.5. The summed E-state index contributed by atoms with van der Waals surface area (Å²) in [5.41, 5.74) is 1.93. The maximum absolute atomic E-state index is 15.5. The van der Waals surface area contributed by atoms with Crippen molar-refractivity contribution < 1.29 is 32.6 Å². The van der Waals surface area contributed by atoms with Gasteiger partial charge in [0.1, 0.15) is 22.8 Å². The van der Waals surface area contributed by atoms with Gasteiger partial charge in [0.15, 0.2) is 0 Å². The second kappa shape index (κ2) is 14.6. The molecule has 0 unspecified atom stereocenters. The summed E-state index contributed by atoms with van der Waals surface area (Å²) in [6.07, 6.45) is 3.36. The zero-order chi connectivity index (χ0) is 35.9. The molecule has 0 aliphatic carbocycles. The van der Waals surface area contributed by atoms with Crippen LogP contribution >= 0.6 is 0 Å². The van der Waals surface area contributed by atoms with Crippen molar-refractivity contribution in [3.63, 3.8) is 0 Å². The van der Waals surface area contributed by atoms with Gasteiger partial charge in [0.25, 0.3) is 5.91 Å². The van der Waals surface area contributed by atoms with E-state index in [0.717, 1.165) is 31.5 Å². The van der Waals surface area contributed by atoms with Gasteiger partial charge in [-0.15, -0.1) is 0 Å². The molecule has 3 atom stereocenters. The summed E-state index contributed by atoms with van der Waals surface area (Å²) in [5, 5.41) is 0. The van der Waals surface area contributed by atoms with Gasteiger partial charge in [-0.05, 0) is 82.7 Å². The molecule has 3 aromatic rings. The van der Waals surface area contributed by atoms with Crippen molar-refractivity contribution in [3.05, 3.63) is 59.2 Å². The third-order valence-electron chi connectivity index (χ3n) is 10.2. The number of pyridine rings is 1. The molecule has 0 spiro atoms. The first-order valence-electron chi connectivity index (χ1n) is 17.9. The summed E-state index contributed by atoms with van der Waals surface area (Å²) in [5.74, 6) is -0.378. The smallest absolute Gasteiger partial charge is 0.410 e. The number of ether oxygens (including phenoxy) is 3. The van der Waals surface area contributed by atoms with Crippen LogP contribution in [0.4, 0.5) is 13.6 Å². The van der Waals surface area contributed by atoms with Crippen LogP contribution in [0.25, 0.3) is 16.6 Å². The highest BCUT2D eigenvalue weighted by Gasteiger charge is 2.37. The van der Waals surface area contributed by atoms with Crippen LogP contribution in [0.3, 0.4) is 0 Å². The fraction of sp³-hybridized carbons (Fsp3) is 0.605. The number of benzene rings is 1. The first kappa shape index (κ1) is 36.2. The number of rotatable bonds is 8. The minimum atomic E-state index is -0.628. The summed E-state index contributed by atoms with van der Waals surface area (Å²) in [6, 6.07) is 6.26. The lowest BCUT2D eigenvalue weighted by molar-refractivity contribution is -0.0495. The van der Waals surface area contributed by atoms with Crippen LogP contribution in [0.5, 0.6) is 0 Å². The fourth-order valence-electron chi connectivity index (χ4n) is 7.55. The Bertz CT molecular complexity index is 1720. The largest absolute Gasteiger partial charge is 0.444 e. The number of fused-ring (bicyclic) bond motifs is 1. The van der Waals surface area contributed by atoms with Crippen molar-refractivity contribution in [2.45, 2.75) is 91.0 Å². The average Bonchev–Trinajstić information content (AvgIpc) is 3.33. The van der Waals surface area contributed by atoms with Gasteiger partial charge >= 0.3 is 6.09 Å². The van der Waals surface area contributed by atoms with Gasteiger partial charge < -0.3 is 28.4 Å². The third-order valence-corrected chi connectivity index (χ3v) is 10.2. The Hall–Kier alpha value is -3.61. The van der Waals surface area contributed by atoms with Gasteiger partial charge in [-0.3, -0.25) is 9.69 Å². The lowest BCUT2D eigenvalue weighted by Crippen LogP contribution is -2.53. The molecule has 3 saturated heterocycles. The third kappa shape index (κ3) is 7.67. The van der Waals surface area contributed by atoms with Gasteiger partial charge in [0.2, 0.25) is 5.95 Å². The van der Waals surface area contributed by atoms with E-state index in [9.17, 15) is 14.0 Å². The number of likely N-dealkylation sites (tertiary alicyclic amines) is 1. The number of amides is 2. The minimum absolute atomic E-state index is 0.0493. The highest BCUT2D eigenvalue weighted by molar-refractivity contribution is 6.03. The highest BCUT2D eigenvalue weighted by atomic mass is 19.1. The van der Waals surface area contributed by atoms with E-state index >= 15 is 4.39 Å². The maximum Gasteiger partial charge on any atom is 0.410 e. The summed E-state index contributed by atoms with van der Waals surface area (Å²) in [6.45, 7) is 18.1. The van der Waals surface area contributed by atoms with E-state index in [0.29, 0.717) is 68.4 Å². The molecule has 0 bridgehead atoms. The Morgan fingerprint density at radius 1 is 1.06 bits per heavy atom. The quantitative estimate of drug-likeness (QED) is 0.274. The van der Waals surface area contributed by atoms with E-state index in [4.69, 9.17) is 14.2 Å². The van der Waals surface area contributed by atoms with Gasteiger partial charge in [0.05, 0.1) is 44.1 Å². The molecule has 50 heavy (non-hydrogen) atoms. The number of carbonyl (C=O) groups is 2. The van der Waals surface area contributed by atoms with E-state index in [-0.39, 0.29) is 41.1 Å². The van der Waals surface area contributed by atoms with Crippen molar-refractivity contribution in [2.75, 3.05) is 52.5 Å². The lowest BCUT2D eigenvalue weighted by Gasteiger charge is -2.47. The summed E-state index contributed by atoms with van der Waals surface area (Å²) >= 11 is 0. The number of imidazole rings is 1. The fourth-order valence-corrected chi connectivity index (χ4v) is 7.55. The number of nitrogens with zero attached hydrogens (tertiary/aromatic N) is 5. The van der Waals surface area contributed by atoms with Crippen LogP contribution in [0.2, 0.25) is 0 Å². The molecule has 0 N–H and O–H groups in total. The molecule has 1 aromatic carbocycles. The van der Waals surface area contributed by atoms with E-state index in [2.05, 4.69) is 23.7 Å². The molecular formula is C38H51F2N5O5. The predicted octanol–water partition coefficient (Wildman–Crippen LogP) is 6.29. The van der Waals surface area contributed by atoms with Crippen LogP contribution in [-0.2, 0) is 14.2 Å². The minimum Gasteiger partial charge on any atom is -0.444 e. The van der Waals surface area contributed by atoms with E-state index < -0.39 is 17.4 Å². The lowest BCUT2D eigenvalue weighted by atomic mass is 9.85. The second-order valence-corrected chi connectivity index (χ2v) is 15.4. The van der Waals surface area contributed by atoms with Crippen molar-refractivity contribution in [2.24, 2.45) is 5.92 Å². The second-order valence-electron chi connectivity index (χ2n) is 15.4. The molecule has 3 aliphatic heterocycles. The monoisotopic (exact) mass is 695 g/mol. The average molecular weight is 696 g/mol. The van der Waals surface area contributed by atoms with E-state index in [1.54, 1.807) is 27.2 Å². The Labute approximate surface area is 293 Å². The van der Waals surface area contributed by atoms with E-state index in [1.807, 2.05) is 40.0 Å². The van der Waals surface area contributed by atoms with Gasteiger partial charge in [-0.25, -0.2) is 14.2 Å². The molecule has 12 heteroatoms. The van der Waals surface area contributed by atoms with Crippen LogP contribution in [0.1, 0.15) is 82.0 Å². The Morgan fingerprint density at radius 3 is 2.52 bits per heavy atom. The highest BCUT2D eigenvalue weighted by Crippen LogP contribution is 2.38. The molecule has 5 heterocycles. The van der Waals surface area contributed by atoms with Crippen LogP contribution in [0, 0.1) is 24.6 Å². The SMILES string of the molecule is Cc1nc(F)c2c(-c3ccc(F)cc3C(=O)N3CCOC[C@H]3C)cc(C3CN([C@@H](CC[C@H]4CN(C(=O)OC(C)(C)C)CCO4)C(C)C)C3)cn12. The number of carbonyl (C=O) groups excluding carboxylic acids is 2. The van der Waals surface area contributed by atoms with Crippen LogP contribution < -0.4 is 0 Å². The van der Waals surface area contributed by atoms with Crippen molar-refractivity contribution >= 4 is 17.5 Å². The number of morpholine rings is 2. The first-order chi connectivity index (χ1) is 23.7. The molecule has 2 aromatic heterocycles. The summed E-state index contributed by atoms with van der Waals surface area (Å²) in [7, 11) is 0.